The molecule has 0 aliphatic carbocycles. The van der Waals surface area contributed by atoms with Gasteiger partial charge in [-0.05, 0) is 49.9 Å². The second-order valence-electron chi connectivity index (χ2n) is 6.02. The fourth-order valence-corrected chi connectivity index (χ4v) is 3.68. The molecule has 3 rings (SSSR count). The molecule has 3 heterocycles. The third kappa shape index (κ3) is 3.79. The quantitative estimate of drug-likeness (QED) is 0.936. The summed E-state index contributed by atoms with van der Waals surface area (Å²) < 4.78 is 0. The van der Waals surface area contributed by atoms with Crippen molar-refractivity contribution in [2.24, 2.45) is 0 Å². The third-order valence-electron chi connectivity index (χ3n) is 4.52. The molecule has 0 saturated carbocycles. The summed E-state index contributed by atoms with van der Waals surface area (Å²) in [6, 6.07) is 6.16. The lowest BCUT2D eigenvalue weighted by Gasteiger charge is -2.31. The van der Waals surface area contributed by atoms with Crippen molar-refractivity contribution < 1.29 is 4.79 Å². The lowest BCUT2D eigenvalue weighted by molar-refractivity contribution is 0.0911. The first-order valence-corrected chi connectivity index (χ1v) is 9.15. The summed E-state index contributed by atoms with van der Waals surface area (Å²) in [5, 5.41) is 7.28. The Bertz CT molecular complexity index is 661. The summed E-state index contributed by atoms with van der Waals surface area (Å²) in [4.78, 5) is 19.5. The minimum Gasteiger partial charge on any atom is -0.349 e. The van der Waals surface area contributed by atoms with Crippen LogP contribution in [0.1, 0.15) is 35.8 Å². The molecule has 122 valence electrons. The van der Waals surface area contributed by atoms with Gasteiger partial charge >= 0.3 is 0 Å². The molecule has 1 aliphatic rings. The first kappa shape index (κ1) is 16.1. The van der Waals surface area contributed by atoms with Crippen LogP contribution in [0.15, 0.2) is 29.0 Å². The van der Waals surface area contributed by atoms with Crippen molar-refractivity contribution in [1.82, 2.24) is 15.2 Å². The van der Waals surface area contributed by atoms with Crippen molar-refractivity contribution in [3.8, 4) is 11.3 Å². The van der Waals surface area contributed by atoms with Crippen LogP contribution in [0.4, 0.5) is 0 Å². The summed E-state index contributed by atoms with van der Waals surface area (Å²) in [6.45, 7) is 7.31. The van der Waals surface area contributed by atoms with E-state index in [1.165, 1.54) is 0 Å². The van der Waals surface area contributed by atoms with E-state index in [2.05, 4.69) is 27.5 Å². The van der Waals surface area contributed by atoms with E-state index in [0.717, 1.165) is 49.4 Å². The number of rotatable bonds is 4. The molecule has 5 heteroatoms. The van der Waals surface area contributed by atoms with E-state index in [-0.39, 0.29) is 11.9 Å². The Morgan fingerprint density at radius 2 is 2.13 bits per heavy atom. The lowest BCUT2D eigenvalue weighted by Crippen LogP contribution is -2.44. The van der Waals surface area contributed by atoms with Gasteiger partial charge in [0.05, 0.1) is 17.0 Å². The maximum atomic E-state index is 12.5. The van der Waals surface area contributed by atoms with Gasteiger partial charge in [-0.3, -0.25) is 9.78 Å². The number of piperidine rings is 1. The molecule has 0 unspecified atom stereocenters. The molecule has 1 amide bonds. The molecule has 0 atom stereocenters. The molecular weight excluding hydrogens is 306 g/mol. The number of carbonyl (C=O) groups excluding carboxylic acids is 1. The SMILES string of the molecule is CCN1CCC(NC(=O)c2ccc(-c3ccsc3)nc2C)CC1. The highest BCUT2D eigenvalue weighted by atomic mass is 32.1. The summed E-state index contributed by atoms with van der Waals surface area (Å²) in [6.07, 6.45) is 2.05. The van der Waals surface area contributed by atoms with Crippen molar-refractivity contribution in [1.29, 1.82) is 0 Å². The average Bonchev–Trinajstić information content (AvgIpc) is 3.10. The van der Waals surface area contributed by atoms with Crippen molar-refractivity contribution in [2.75, 3.05) is 19.6 Å². The Morgan fingerprint density at radius 3 is 2.74 bits per heavy atom. The van der Waals surface area contributed by atoms with Crippen LogP contribution in [0.3, 0.4) is 0 Å². The predicted octanol–water partition coefficient (Wildman–Crippen LogP) is 3.33. The van der Waals surface area contributed by atoms with Crippen LogP contribution in [0, 0.1) is 6.92 Å². The zero-order chi connectivity index (χ0) is 16.2. The van der Waals surface area contributed by atoms with E-state index in [1.54, 1.807) is 11.3 Å². The molecule has 0 bridgehead atoms. The van der Waals surface area contributed by atoms with Gasteiger partial charge in [0.15, 0.2) is 0 Å². The van der Waals surface area contributed by atoms with Crippen LogP contribution in [-0.2, 0) is 0 Å². The zero-order valence-electron chi connectivity index (χ0n) is 13.7. The van der Waals surface area contributed by atoms with E-state index in [9.17, 15) is 4.79 Å². The highest BCUT2D eigenvalue weighted by Crippen LogP contribution is 2.21. The molecule has 1 N–H and O–H groups in total. The summed E-state index contributed by atoms with van der Waals surface area (Å²) in [7, 11) is 0. The topological polar surface area (TPSA) is 45.2 Å². The van der Waals surface area contributed by atoms with E-state index >= 15 is 0 Å². The van der Waals surface area contributed by atoms with E-state index < -0.39 is 0 Å². The maximum Gasteiger partial charge on any atom is 0.253 e. The highest BCUT2D eigenvalue weighted by Gasteiger charge is 2.21. The molecule has 2 aromatic heterocycles. The fourth-order valence-electron chi connectivity index (χ4n) is 3.03. The smallest absolute Gasteiger partial charge is 0.253 e. The number of nitrogens with one attached hydrogen (secondary N) is 1. The van der Waals surface area contributed by atoms with Gasteiger partial charge in [0.25, 0.3) is 5.91 Å². The first-order chi connectivity index (χ1) is 11.2. The minimum absolute atomic E-state index is 0.00168. The van der Waals surface area contributed by atoms with Crippen LogP contribution < -0.4 is 5.32 Å². The Morgan fingerprint density at radius 1 is 1.35 bits per heavy atom. The normalized spacial score (nSPS) is 16.4. The van der Waals surface area contributed by atoms with E-state index in [1.807, 2.05) is 30.5 Å². The first-order valence-electron chi connectivity index (χ1n) is 8.21. The number of thiophene rings is 1. The Kier molecular flexibility index (Phi) is 5.08. The number of hydrogen-bond donors (Lipinski definition) is 1. The van der Waals surface area contributed by atoms with Crippen molar-refractivity contribution in [2.45, 2.75) is 32.7 Å². The van der Waals surface area contributed by atoms with Crippen molar-refractivity contribution >= 4 is 17.2 Å². The van der Waals surface area contributed by atoms with Gasteiger partial charge in [-0.15, -0.1) is 0 Å². The van der Waals surface area contributed by atoms with Gasteiger partial charge in [0.1, 0.15) is 0 Å². The molecule has 0 aromatic carbocycles. The monoisotopic (exact) mass is 329 g/mol. The summed E-state index contributed by atoms with van der Waals surface area (Å²) >= 11 is 1.65. The molecular formula is C18H23N3OS. The third-order valence-corrected chi connectivity index (χ3v) is 5.20. The fraction of sp³-hybridized carbons (Fsp3) is 0.444. The van der Waals surface area contributed by atoms with E-state index in [4.69, 9.17) is 0 Å². The zero-order valence-corrected chi connectivity index (χ0v) is 14.5. The molecule has 2 aromatic rings. The molecule has 23 heavy (non-hydrogen) atoms. The Balaban J connectivity index is 1.66. The number of aromatic nitrogens is 1. The number of likely N-dealkylation sites (tertiary alicyclic amines) is 1. The number of nitrogens with zero attached hydrogens (tertiary/aromatic N) is 2. The molecule has 0 radical (unpaired) electrons. The van der Waals surface area contributed by atoms with Gasteiger partial charge in [0, 0.05) is 30.1 Å². The van der Waals surface area contributed by atoms with Gasteiger partial charge in [-0.25, -0.2) is 0 Å². The second kappa shape index (κ2) is 7.23. The van der Waals surface area contributed by atoms with Gasteiger partial charge in [-0.2, -0.15) is 11.3 Å². The number of pyridine rings is 1. The van der Waals surface area contributed by atoms with Crippen molar-refractivity contribution in [3.05, 3.63) is 40.2 Å². The van der Waals surface area contributed by atoms with Gasteiger partial charge in [-0.1, -0.05) is 6.92 Å². The standard InChI is InChI=1S/C18H23N3OS/c1-3-21-9-6-15(7-10-21)20-18(22)16-4-5-17(19-13(16)2)14-8-11-23-12-14/h4-5,8,11-12,15H,3,6-7,9-10H2,1-2H3,(H,20,22). The maximum absolute atomic E-state index is 12.5. The van der Waals surface area contributed by atoms with Crippen LogP contribution in [0.25, 0.3) is 11.3 Å². The number of amides is 1. The van der Waals surface area contributed by atoms with E-state index in [0.29, 0.717) is 5.56 Å². The van der Waals surface area contributed by atoms with Gasteiger partial charge in [0.2, 0.25) is 0 Å². The summed E-state index contributed by atoms with van der Waals surface area (Å²) in [5.41, 5.74) is 3.51. The predicted molar refractivity (Wildman–Crippen MR) is 94.9 cm³/mol. The van der Waals surface area contributed by atoms with Crippen LogP contribution in [0.2, 0.25) is 0 Å². The second-order valence-corrected chi connectivity index (χ2v) is 6.80. The molecule has 1 aliphatic heterocycles. The molecule has 1 saturated heterocycles. The number of aryl methyl sites for hydroxylation is 1. The lowest BCUT2D eigenvalue weighted by atomic mass is 10.0. The average molecular weight is 329 g/mol. The van der Waals surface area contributed by atoms with Crippen LogP contribution in [0.5, 0.6) is 0 Å². The minimum atomic E-state index is 0.00168. The van der Waals surface area contributed by atoms with Crippen molar-refractivity contribution in [3.63, 3.8) is 0 Å². The highest BCUT2D eigenvalue weighted by molar-refractivity contribution is 7.08. The number of carbonyl (C=O) groups is 1. The van der Waals surface area contributed by atoms with Crippen LogP contribution in [-0.4, -0.2) is 41.5 Å². The summed E-state index contributed by atoms with van der Waals surface area (Å²) in [5.74, 6) is 0.00168. The van der Waals surface area contributed by atoms with Crippen LogP contribution >= 0.6 is 11.3 Å². The molecule has 0 spiro atoms. The number of hydrogen-bond acceptors (Lipinski definition) is 4. The molecule has 1 fully saturated rings. The largest absolute Gasteiger partial charge is 0.349 e. The molecule has 4 nitrogen and oxygen atoms in total. The Hall–Kier alpha value is -1.72. The Labute approximate surface area is 141 Å². The van der Waals surface area contributed by atoms with Gasteiger partial charge < -0.3 is 10.2 Å².